The van der Waals surface area contributed by atoms with Gasteiger partial charge in [-0.25, -0.2) is 0 Å². The number of ether oxygens (including phenoxy) is 1. The van der Waals surface area contributed by atoms with E-state index >= 15 is 0 Å². The number of furan rings is 1. The maximum Gasteiger partial charge on any atom is 0.264 e. The van der Waals surface area contributed by atoms with Crippen LogP contribution < -0.4 is 4.90 Å². The summed E-state index contributed by atoms with van der Waals surface area (Å²) >= 11 is 3.45. The highest BCUT2D eigenvalue weighted by Gasteiger charge is 2.19. The molecule has 1 amide bonds. The number of anilines is 1. The maximum atomic E-state index is 11.8. The van der Waals surface area contributed by atoms with Crippen LogP contribution in [-0.4, -0.2) is 51.2 Å². The lowest BCUT2D eigenvalue weighted by atomic mass is 10.2. The number of nitrogens with zero attached hydrogens (tertiary/aromatic N) is 3. The quantitative estimate of drug-likeness (QED) is 0.612. The molecule has 6 nitrogen and oxygen atoms in total. The largest absolute Gasteiger partial charge is 0.440 e. The summed E-state index contributed by atoms with van der Waals surface area (Å²) in [5.74, 6) is 0.812. The summed E-state index contributed by atoms with van der Waals surface area (Å²) in [6, 6.07) is 3.66. The number of amides is 1. The van der Waals surface area contributed by atoms with Crippen LogP contribution in [-0.2, 0) is 9.53 Å². The average molecular weight is 354 g/mol. The van der Waals surface area contributed by atoms with E-state index in [2.05, 4.69) is 20.8 Å². The molecule has 0 saturated carbocycles. The van der Waals surface area contributed by atoms with Crippen LogP contribution in [0, 0.1) is 11.3 Å². The molecule has 1 aromatic rings. The van der Waals surface area contributed by atoms with E-state index in [-0.39, 0.29) is 11.5 Å². The van der Waals surface area contributed by atoms with Gasteiger partial charge in [-0.3, -0.25) is 4.79 Å². The van der Waals surface area contributed by atoms with Crippen LogP contribution in [0.3, 0.4) is 0 Å². The van der Waals surface area contributed by atoms with Crippen LogP contribution in [0.2, 0.25) is 0 Å². The molecule has 2 rings (SSSR count). The van der Waals surface area contributed by atoms with E-state index in [9.17, 15) is 4.79 Å². The van der Waals surface area contributed by atoms with Crippen molar-refractivity contribution >= 4 is 33.8 Å². The minimum atomic E-state index is -0.349. The first-order valence-electron chi connectivity index (χ1n) is 6.48. The van der Waals surface area contributed by atoms with E-state index in [0.29, 0.717) is 24.9 Å². The van der Waals surface area contributed by atoms with Gasteiger partial charge < -0.3 is 19.0 Å². The Labute approximate surface area is 131 Å². The highest BCUT2D eigenvalue weighted by Crippen LogP contribution is 2.31. The lowest BCUT2D eigenvalue weighted by molar-refractivity contribution is -0.124. The molecule has 1 fully saturated rings. The van der Waals surface area contributed by atoms with Gasteiger partial charge in [0, 0.05) is 39.3 Å². The molecule has 0 aromatic carbocycles. The Morgan fingerprint density at radius 2 is 2.14 bits per heavy atom. The third kappa shape index (κ3) is 3.65. The molecular weight excluding hydrogens is 338 g/mol. The summed E-state index contributed by atoms with van der Waals surface area (Å²) in [5, 5.41) is 9.09. The predicted molar refractivity (Wildman–Crippen MR) is 81.7 cm³/mol. The molecular formula is C14H16BrN3O3. The average Bonchev–Trinajstić information content (AvgIpc) is 2.85. The highest BCUT2D eigenvalue weighted by atomic mass is 79.9. The van der Waals surface area contributed by atoms with Crippen molar-refractivity contribution in [3.63, 3.8) is 0 Å². The molecule has 0 bridgehead atoms. The van der Waals surface area contributed by atoms with E-state index in [1.165, 1.54) is 11.0 Å². The molecule has 0 aliphatic carbocycles. The van der Waals surface area contributed by atoms with Crippen molar-refractivity contribution in [2.75, 3.05) is 45.3 Å². The Morgan fingerprint density at radius 1 is 1.48 bits per heavy atom. The number of rotatable bonds is 3. The smallest absolute Gasteiger partial charge is 0.264 e. The standard InChI is InChI=1S/C14H16BrN3O3/c1-17(2)13(19)10(9-16)7-11-8-12(15)14(21-11)18-3-5-20-6-4-18/h7-8H,3-6H2,1-2H3/b10-7-. The third-order valence-corrected chi connectivity index (χ3v) is 3.60. The van der Waals surface area contributed by atoms with Crippen LogP contribution in [0.5, 0.6) is 0 Å². The summed E-state index contributed by atoms with van der Waals surface area (Å²) in [4.78, 5) is 15.2. The zero-order valence-corrected chi connectivity index (χ0v) is 13.5. The zero-order chi connectivity index (χ0) is 15.4. The Hall–Kier alpha value is -1.78. The van der Waals surface area contributed by atoms with Crippen molar-refractivity contribution in [2.24, 2.45) is 0 Å². The number of hydrogen-bond donors (Lipinski definition) is 0. The minimum absolute atomic E-state index is 0.0368. The Kier molecular flexibility index (Phi) is 5.04. The number of carbonyl (C=O) groups excluding carboxylic acids is 1. The first kappa shape index (κ1) is 15.6. The van der Waals surface area contributed by atoms with E-state index in [0.717, 1.165) is 17.6 Å². The van der Waals surface area contributed by atoms with Crippen molar-refractivity contribution in [3.8, 4) is 6.07 Å². The Balaban J connectivity index is 2.25. The fraction of sp³-hybridized carbons (Fsp3) is 0.429. The molecule has 7 heteroatoms. The molecule has 1 aliphatic rings. The summed E-state index contributed by atoms with van der Waals surface area (Å²) in [7, 11) is 3.20. The van der Waals surface area contributed by atoms with Gasteiger partial charge in [0.2, 0.25) is 5.88 Å². The van der Waals surface area contributed by atoms with Crippen LogP contribution in [0.1, 0.15) is 5.76 Å². The number of hydrogen-bond acceptors (Lipinski definition) is 5. The summed E-state index contributed by atoms with van der Waals surface area (Å²) in [6.45, 7) is 2.80. The van der Waals surface area contributed by atoms with Crippen molar-refractivity contribution in [2.45, 2.75) is 0 Å². The van der Waals surface area contributed by atoms with E-state index in [1.54, 1.807) is 20.2 Å². The van der Waals surface area contributed by atoms with Crippen molar-refractivity contribution in [1.82, 2.24) is 4.90 Å². The topological polar surface area (TPSA) is 69.7 Å². The second-order valence-corrected chi connectivity index (χ2v) is 5.63. The monoisotopic (exact) mass is 353 g/mol. The Bertz CT molecular complexity index is 595. The van der Waals surface area contributed by atoms with Crippen molar-refractivity contribution in [1.29, 1.82) is 5.26 Å². The van der Waals surface area contributed by atoms with E-state index in [4.69, 9.17) is 14.4 Å². The number of nitriles is 1. The molecule has 0 spiro atoms. The molecule has 21 heavy (non-hydrogen) atoms. The molecule has 0 radical (unpaired) electrons. The molecule has 0 N–H and O–H groups in total. The first-order valence-corrected chi connectivity index (χ1v) is 7.27. The normalized spacial score (nSPS) is 15.7. The second kappa shape index (κ2) is 6.78. The summed E-state index contributed by atoms with van der Waals surface area (Å²) in [6.07, 6.45) is 1.46. The van der Waals surface area contributed by atoms with Gasteiger partial charge in [0.15, 0.2) is 0 Å². The number of likely N-dealkylation sites (N-methyl/N-ethyl adjacent to an activating group) is 1. The van der Waals surface area contributed by atoms with Crippen molar-refractivity contribution in [3.05, 3.63) is 21.9 Å². The lowest BCUT2D eigenvalue weighted by Gasteiger charge is -2.26. The predicted octanol–water partition coefficient (Wildman–Crippen LogP) is 1.87. The van der Waals surface area contributed by atoms with E-state index in [1.807, 2.05) is 6.07 Å². The van der Waals surface area contributed by atoms with Crippen LogP contribution in [0.25, 0.3) is 6.08 Å². The molecule has 1 aromatic heterocycles. The maximum absolute atomic E-state index is 11.8. The van der Waals surface area contributed by atoms with Crippen LogP contribution in [0.15, 0.2) is 20.5 Å². The first-order chi connectivity index (χ1) is 10.0. The van der Waals surface area contributed by atoms with Gasteiger partial charge in [-0.2, -0.15) is 5.26 Å². The number of morpholine rings is 1. The lowest BCUT2D eigenvalue weighted by Crippen LogP contribution is -2.36. The third-order valence-electron chi connectivity index (χ3n) is 3.03. The van der Waals surface area contributed by atoms with Crippen molar-refractivity contribution < 1.29 is 13.9 Å². The highest BCUT2D eigenvalue weighted by molar-refractivity contribution is 9.10. The number of carbonyl (C=O) groups is 1. The van der Waals surface area contributed by atoms with Gasteiger partial charge in [-0.1, -0.05) is 0 Å². The summed E-state index contributed by atoms with van der Waals surface area (Å²) < 4.78 is 11.8. The second-order valence-electron chi connectivity index (χ2n) is 4.77. The molecule has 0 unspecified atom stereocenters. The molecule has 1 aliphatic heterocycles. The van der Waals surface area contributed by atoms with Gasteiger partial charge in [-0.15, -0.1) is 0 Å². The SMILES string of the molecule is CN(C)C(=O)/C(C#N)=C\c1cc(Br)c(N2CCOCC2)o1. The van der Waals surface area contributed by atoms with Gasteiger partial charge in [0.05, 0.1) is 17.7 Å². The van der Waals surface area contributed by atoms with Gasteiger partial charge >= 0.3 is 0 Å². The number of halogens is 1. The zero-order valence-electron chi connectivity index (χ0n) is 11.9. The van der Waals surface area contributed by atoms with Crippen LogP contribution in [0.4, 0.5) is 5.88 Å². The molecule has 1 saturated heterocycles. The minimum Gasteiger partial charge on any atom is -0.440 e. The van der Waals surface area contributed by atoms with Gasteiger partial charge in [-0.05, 0) is 15.9 Å². The fourth-order valence-corrected chi connectivity index (χ4v) is 2.51. The molecule has 112 valence electrons. The van der Waals surface area contributed by atoms with E-state index < -0.39 is 0 Å². The summed E-state index contributed by atoms with van der Waals surface area (Å²) in [5.41, 5.74) is 0.0368. The molecule has 2 heterocycles. The molecule has 0 atom stereocenters. The van der Waals surface area contributed by atoms with Gasteiger partial charge in [0.1, 0.15) is 17.4 Å². The Morgan fingerprint density at radius 3 is 2.71 bits per heavy atom. The fourth-order valence-electron chi connectivity index (χ4n) is 1.95. The van der Waals surface area contributed by atoms with Crippen LogP contribution >= 0.6 is 15.9 Å². The van der Waals surface area contributed by atoms with Gasteiger partial charge in [0.25, 0.3) is 5.91 Å².